The smallest absolute Gasteiger partial charge is 0.0616 e. The van der Waals surface area contributed by atoms with Gasteiger partial charge in [-0.3, -0.25) is 0 Å². The van der Waals surface area contributed by atoms with Gasteiger partial charge in [-0.25, -0.2) is 0 Å². The van der Waals surface area contributed by atoms with Crippen LogP contribution in [-0.4, -0.2) is 14.1 Å². The number of imidazole rings is 1. The fourth-order valence-electron chi connectivity index (χ4n) is 12.5. The van der Waals surface area contributed by atoms with Crippen molar-refractivity contribution in [2.75, 3.05) is 9.80 Å². The fraction of sp³-hybridized carbons (Fsp3) is 0.0270. The van der Waals surface area contributed by atoms with E-state index in [1.165, 1.54) is 0 Å². The van der Waals surface area contributed by atoms with Crippen molar-refractivity contribution < 1.29 is 30.9 Å². The standard InChI is InChI=1S/C74H51N5O.Pt/c1-51-46-72(75-49-61(51)54-28-10-4-11-29-54)79-68-41-19-16-38-64(68)74(62-36-14-17-39-66(62)78(55-30-12-5-13-31-55)67-40-18-15-37-63(67)74)65-45-44-58(48-71(65)79)80-57-33-22-32-56(47-57)76-50-77(70-43-21-20-42-69(70)76)73-59(52-24-6-2-7-25-52)34-23-35-60(73)53-26-8-3-9-27-53;/h2-49H,1H3;/i4D,10D,11D,28D,29D;. The number of benzene rings is 11. The van der Waals surface area contributed by atoms with Crippen molar-refractivity contribution in [3.63, 3.8) is 0 Å². The molecule has 4 heterocycles. The zero-order chi connectivity index (χ0) is 58.4. The van der Waals surface area contributed by atoms with Gasteiger partial charge in [-0.05, 0) is 42.3 Å². The first-order valence-electron chi connectivity index (χ1n) is 29.4. The molecule has 0 fully saturated rings. The van der Waals surface area contributed by atoms with Crippen LogP contribution in [0.5, 0.6) is 11.5 Å². The molecule has 0 unspecified atom stereocenters. The van der Waals surface area contributed by atoms with E-state index in [1.807, 2.05) is 31.2 Å². The first-order valence-corrected chi connectivity index (χ1v) is 28.1. The third kappa shape index (κ3) is 7.81. The van der Waals surface area contributed by atoms with Crippen molar-refractivity contribution in [1.29, 1.82) is 0 Å². The van der Waals surface area contributed by atoms with Crippen molar-refractivity contribution in [3.8, 4) is 56.3 Å². The quantitative estimate of drug-likeness (QED) is 0.144. The second kappa shape index (κ2) is 19.8. The van der Waals surface area contributed by atoms with Gasteiger partial charge in [-0.15, -0.1) is 0 Å². The van der Waals surface area contributed by atoms with Crippen LogP contribution in [0.1, 0.15) is 34.7 Å². The molecule has 1 spiro atoms. The molecule has 0 saturated carbocycles. The third-order valence-electron chi connectivity index (χ3n) is 15.8. The van der Waals surface area contributed by atoms with Crippen LogP contribution < -0.4 is 14.5 Å². The molecule has 0 N–H and O–H groups in total. The van der Waals surface area contributed by atoms with Crippen LogP contribution in [0.4, 0.5) is 34.3 Å². The summed E-state index contributed by atoms with van der Waals surface area (Å²) in [5.41, 5.74) is 18.1. The van der Waals surface area contributed by atoms with Gasteiger partial charge in [-0.2, -0.15) is 0 Å². The van der Waals surface area contributed by atoms with Crippen molar-refractivity contribution in [1.82, 2.24) is 14.1 Å². The van der Waals surface area contributed by atoms with E-state index in [9.17, 15) is 0 Å². The normalized spacial score (nSPS) is 13.7. The average Bonchev–Trinajstić information content (AvgIpc) is 0.810. The number of aromatic nitrogens is 3. The molecule has 0 aliphatic carbocycles. The number of pyridine rings is 1. The van der Waals surface area contributed by atoms with Crippen molar-refractivity contribution in [2.45, 2.75) is 12.3 Å². The van der Waals surface area contributed by atoms with Gasteiger partial charge in [0.1, 0.15) is 0 Å². The number of para-hydroxylation sites is 7. The SMILES string of the molecule is [2H]c1c([2H])c([2H])c(-c2cnc(N3c4ccccc4C4(c5ccccc5N(c5ccccc5)c5ccccc54)c4ccc(Oc5cccc(-n6[c](=[Pt])n(-c7c(-c8ccccc8)cccc7-c7ccccc7)c7ccccc76)c5)cc43)cc2C)c([2H])c1[2H]. The van der Waals surface area contributed by atoms with E-state index in [0.717, 1.165) is 99.2 Å². The minimum atomic E-state index is -0.858. The van der Waals surface area contributed by atoms with Crippen LogP contribution in [0, 0.1) is 10.7 Å². The van der Waals surface area contributed by atoms with Gasteiger partial charge >= 0.3 is 306 Å². The van der Waals surface area contributed by atoms with E-state index >= 15 is 0 Å². The molecule has 2 aromatic heterocycles. The zero-order valence-corrected chi connectivity index (χ0v) is 46.1. The van der Waals surface area contributed by atoms with E-state index in [1.54, 1.807) is 6.20 Å². The molecule has 2 aliphatic rings. The summed E-state index contributed by atoms with van der Waals surface area (Å²) in [5.74, 6) is 1.82. The predicted octanol–water partition coefficient (Wildman–Crippen LogP) is 18.9. The Hall–Kier alpha value is -9.87. The molecule has 11 aromatic carbocycles. The first kappa shape index (κ1) is 43.1. The predicted molar refractivity (Wildman–Crippen MR) is 326 cm³/mol. The monoisotopic (exact) mass is 1230 g/mol. The Kier molecular flexibility index (Phi) is 10.5. The van der Waals surface area contributed by atoms with E-state index in [-0.39, 0.29) is 17.6 Å². The molecule has 388 valence electrons. The summed E-state index contributed by atoms with van der Waals surface area (Å²) in [5, 5.41) is 0. The minimum Gasteiger partial charge on any atom is -0.0616 e. The Bertz CT molecular complexity index is 4800. The number of aryl methyl sites for hydroxylation is 1. The molecule has 81 heavy (non-hydrogen) atoms. The molecular weight excluding hydrogens is 1170 g/mol. The van der Waals surface area contributed by atoms with Crippen LogP contribution in [0.15, 0.2) is 291 Å². The van der Waals surface area contributed by atoms with Crippen LogP contribution in [-0.2, 0) is 24.8 Å². The number of fused-ring (bicyclic) bond motifs is 9. The maximum absolute atomic E-state index is 8.92. The van der Waals surface area contributed by atoms with Gasteiger partial charge in [0, 0.05) is 17.4 Å². The van der Waals surface area contributed by atoms with Crippen LogP contribution in [0.3, 0.4) is 0 Å². The number of rotatable bonds is 9. The molecule has 0 bridgehead atoms. The second-order valence-corrected chi connectivity index (χ2v) is 21.3. The number of hydrogen-bond donors (Lipinski definition) is 0. The Morgan fingerprint density at radius 3 is 1.54 bits per heavy atom. The van der Waals surface area contributed by atoms with Gasteiger partial charge in [-0.1, -0.05) is 103 Å². The van der Waals surface area contributed by atoms with Gasteiger partial charge in [0.05, 0.1) is 18.2 Å². The van der Waals surface area contributed by atoms with E-state index in [0.29, 0.717) is 28.4 Å². The van der Waals surface area contributed by atoms with Gasteiger partial charge in [0.15, 0.2) is 0 Å². The molecule has 0 radical (unpaired) electrons. The van der Waals surface area contributed by atoms with Gasteiger partial charge in [0.2, 0.25) is 0 Å². The van der Waals surface area contributed by atoms with Crippen molar-refractivity contribution >= 4 is 45.3 Å². The van der Waals surface area contributed by atoms with Gasteiger partial charge in [0.25, 0.3) is 0 Å². The fourth-order valence-corrected chi connectivity index (χ4v) is 13.5. The van der Waals surface area contributed by atoms with E-state index in [4.69, 9.17) is 16.6 Å². The van der Waals surface area contributed by atoms with Gasteiger partial charge < -0.3 is 4.90 Å². The third-order valence-corrected chi connectivity index (χ3v) is 16.8. The van der Waals surface area contributed by atoms with E-state index < -0.39 is 23.5 Å². The minimum absolute atomic E-state index is 0.105. The molecule has 0 atom stereocenters. The molecule has 7 heteroatoms. The van der Waals surface area contributed by atoms with Crippen LogP contribution in [0.25, 0.3) is 55.8 Å². The molecule has 15 rings (SSSR count). The van der Waals surface area contributed by atoms with Crippen molar-refractivity contribution in [2.24, 2.45) is 0 Å². The zero-order valence-electron chi connectivity index (χ0n) is 48.8. The molecule has 0 amide bonds. The molecule has 6 nitrogen and oxygen atoms in total. The summed E-state index contributed by atoms with van der Waals surface area (Å²) in [4.78, 5) is 9.71. The molecule has 2 aliphatic heterocycles. The molecule has 0 saturated heterocycles. The maximum atomic E-state index is 8.92. The van der Waals surface area contributed by atoms with Crippen LogP contribution in [0.2, 0.25) is 0 Å². The summed E-state index contributed by atoms with van der Waals surface area (Å²) in [7, 11) is 0. The molecule has 13 aromatic rings. The number of hydrogen-bond acceptors (Lipinski definition) is 4. The number of anilines is 6. The molecular formula is C74H51N5OPt. The Morgan fingerprint density at radius 1 is 0.420 bits per heavy atom. The summed E-state index contributed by atoms with van der Waals surface area (Å²) in [6.07, 6.45) is 1.64. The second-order valence-electron chi connectivity index (χ2n) is 20.3. The Morgan fingerprint density at radius 2 is 0.926 bits per heavy atom. The van der Waals surface area contributed by atoms with Crippen LogP contribution >= 0.6 is 0 Å². The summed E-state index contributed by atoms with van der Waals surface area (Å²) >= 11 is 2.48. The van der Waals surface area contributed by atoms with Crippen molar-refractivity contribution in [3.05, 3.63) is 323 Å². The Balaban J connectivity index is 0.916. The first-order chi connectivity index (χ1) is 42.1. The number of nitrogens with zero attached hydrogens (tertiary/aromatic N) is 5. The summed E-state index contributed by atoms with van der Waals surface area (Å²) in [6, 6.07) is 87.5. The summed E-state index contributed by atoms with van der Waals surface area (Å²) < 4.78 is 56.0. The average molecular weight is 1230 g/mol. The Labute approximate surface area is 488 Å². The topological polar surface area (TPSA) is 38.5 Å². The van der Waals surface area contributed by atoms with E-state index in [2.05, 4.69) is 269 Å². The number of ether oxygens (including phenoxy) is 1. The summed E-state index contributed by atoms with van der Waals surface area (Å²) in [6.45, 7) is 1.90.